The van der Waals surface area contributed by atoms with E-state index in [-0.39, 0.29) is 16.9 Å². The molecule has 6 N–H and O–H groups in total. The molecule has 0 amide bonds. The largest absolute Gasteiger partial charge is 0.504 e. The molecule has 33 heavy (non-hydrogen) atoms. The van der Waals surface area contributed by atoms with Crippen LogP contribution >= 0.6 is 0 Å². The summed E-state index contributed by atoms with van der Waals surface area (Å²) in [5.41, 5.74) is 2.19. The summed E-state index contributed by atoms with van der Waals surface area (Å²) >= 11 is 0. The Kier molecular flexibility index (Phi) is 6.31. The molecule has 2 aliphatic carbocycles. The van der Waals surface area contributed by atoms with Crippen molar-refractivity contribution in [2.45, 2.75) is 95.1 Å². The van der Waals surface area contributed by atoms with Crippen molar-refractivity contribution in [3.63, 3.8) is 0 Å². The van der Waals surface area contributed by atoms with E-state index in [1.807, 2.05) is 6.92 Å². The Hall–Kier alpha value is -1.68. The Bertz CT molecular complexity index is 926. The van der Waals surface area contributed by atoms with Gasteiger partial charge in [0.1, 0.15) is 24.4 Å². The Labute approximate surface area is 194 Å². The van der Waals surface area contributed by atoms with E-state index >= 15 is 0 Å². The lowest BCUT2D eigenvalue weighted by Gasteiger charge is -2.44. The van der Waals surface area contributed by atoms with Gasteiger partial charge in [-0.15, -0.1) is 6.58 Å². The van der Waals surface area contributed by atoms with Crippen molar-refractivity contribution < 1.29 is 40.1 Å². The topological polar surface area (TPSA) is 140 Å². The maximum absolute atomic E-state index is 11.5. The van der Waals surface area contributed by atoms with Gasteiger partial charge in [0.15, 0.2) is 11.5 Å². The average Bonchev–Trinajstić information content (AvgIpc) is 2.78. The maximum Gasteiger partial charge on any atom is 0.229 e. The number of benzene rings is 1. The number of hydrogen-bond acceptors (Lipinski definition) is 8. The van der Waals surface area contributed by atoms with Crippen LogP contribution in [-0.2, 0) is 23.0 Å². The van der Waals surface area contributed by atoms with Crippen LogP contribution in [0.3, 0.4) is 0 Å². The zero-order chi connectivity index (χ0) is 24.3. The highest BCUT2D eigenvalue weighted by Crippen LogP contribution is 2.56. The van der Waals surface area contributed by atoms with Crippen molar-refractivity contribution in [3.8, 4) is 11.5 Å². The quantitative estimate of drug-likeness (QED) is 0.367. The minimum Gasteiger partial charge on any atom is -0.504 e. The molecular formula is C25H36O8. The number of aromatic hydroxyl groups is 1. The normalized spacial score (nSPS) is 37.7. The first-order valence-electron chi connectivity index (χ1n) is 11.7. The SMILES string of the molecule is C=C[C@]1(C)CCc2c3c(c(O)c(O[C@@H]4O[C@H](CO)[C@@H](O)[C@H](O)[C@H]4O)c2[C@H]1O)C(C)(C)CCC3. The first kappa shape index (κ1) is 24.4. The molecule has 1 aromatic rings. The summed E-state index contributed by atoms with van der Waals surface area (Å²) in [6.45, 7) is 9.31. The van der Waals surface area contributed by atoms with Crippen molar-refractivity contribution in [1.82, 2.24) is 0 Å². The third kappa shape index (κ3) is 3.77. The van der Waals surface area contributed by atoms with E-state index in [4.69, 9.17) is 9.47 Å². The Morgan fingerprint density at radius 2 is 1.73 bits per heavy atom. The number of phenols is 1. The molecule has 1 aromatic carbocycles. The number of hydrogen-bond donors (Lipinski definition) is 6. The molecule has 184 valence electrons. The van der Waals surface area contributed by atoms with E-state index in [0.29, 0.717) is 18.4 Å². The molecule has 4 rings (SSSR count). The highest BCUT2D eigenvalue weighted by Gasteiger charge is 2.48. The summed E-state index contributed by atoms with van der Waals surface area (Å²) in [5.74, 6) is -0.110. The van der Waals surface area contributed by atoms with Crippen molar-refractivity contribution in [2.75, 3.05) is 6.61 Å². The monoisotopic (exact) mass is 464 g/mol. The van der Waals surface area contributed by atoms with Gasteiger partial charge in [-0.25, -0.2) is 0 Å². The Morgan fingerprint density at radius 3 is 2.36 bits per heavy atom. The number of rotatable bonds is 4. The molecule has 1 heterocycles. The second kappa shape index (κ2) is 8.52. The standard InChI is InChI=1S/C25H36O8/c1-5-25(4)10-8-12-13-7-6-9-24(2,3)16(13)18(28)21(15(12)22(25)31)33-23-20(30)19(29)17(27)14(11-26)32-23/h5,14,17,19-20,22-23,26-31H,1,6-11H2,2-4H3/t14-,17-,19+,20-,22-,23+,25-/m1/s1. The fourth-order valence-corrected chi connectivity index (χ4v) is 5.72. The molecule has 1 aliphatic heterocycles. The van der Waals surface area contributed by atoms with Crippen LogP contribution < -0.4 is 4.74 Å². The van der Waals surface area contributed by atoms with E-state index in [1.165, 1.54) is 0 Å². The molecule has 0 saturated carbocycles. The lowest BCUT2D eigenvalue weighted by Crippen LogP contribution is -2.60. The van der Waals surface area contributed by atoms with E-state index in [2.05, 4.69) is 20.4 Å². The second-order valence-electron chi connectivity index (χ2n) is 10.6. The van der Waals surface area contributed by atoms with Gasteiger partial charge in [-0.3, -0.25) is 0 Å². The predicted molar refractivity (Wildman–Crippen MR) is 120 cm³/mol. The van der Waals surface area contributed by atoms with Gasteiger partial charge in [-0.1, -0.05) is 26.8 Å². The zero-order valence-electron chi connectivity index (χ0n) is 19.5. The highest BCUT2D eigenvalue weighted by molar-refractivity contribution is 5.64. The van der Waals surface area contributed by atoms with Crippen LogP contribution in [0.25, 0.3) is 0 Å². The Morgan fingerprint density at radius 1 is 1.03 bits per heavy atom. The molecule has 1 saturated heterocycles. The minimum atomic E-state index is -1.63. The van der Waals surface area contributed by atoms with Crippen LogP contribution in [0.2, 0.25) is 0 Å². The molecule has 8 nitrogen and oxygen atoms in total. The summed E-state index contributed by atoms with van der Waals surface area (Å²) in [6.07, 6.45) is -2.72. The first-order valence-corrected chi connectivity index (χ1v) is 11.7. The molecule has 3 aliphatic rings. The third-order valence-electron chi connectivity index (χ3n) is 7.95. The van der Waals surface area contributed by atoms with Crippen molar-refractivity contribution >= 4 is 0 Å². The van der Waals surface area contributed by atoms with Crippen LogP contribution in [0.5, 0.6) is 11.5 Å². The van der Waals surface area contributed by atoms with Gasteiger partial charge in [0.2, 0.25) is 6.29 Å². The van der Waals surface area contributed by atoms with Crippen LogP contribution in [0.1, 0.15) is 68.4 Å². The van der Waals surface area contributed by atoms with Crippen molar-refractivity contribution in [3.05, 3.63) is 34.9 Å². The lowest BCUT2D eigenvalue weighted by molar-refractivity contribution is -0.278. The lowest BCUT2D eigenvalue weighted by atomic mass is 9.64. The van der Waals surface area contributed by atoms with Crippen LogP contribution in [0.15, 0.2) is 12.7 Å². The summed E-state index contributed by atoms with van der Waals surface area (Å²) < 4.78 is 11.6. The Balaban J connectivity index is 1.88. The van der Waals surface area contributed by atoms with Gasteiger partial charge < -0.3 is 40.1 Å². The average molecular weight is 465 g/mol. The number of fused-ring (bicyclic) bond motifs is 3. The molecule has 0 unspecified atom stereocenters. The zero-order valence-corrected chi connectivity index (χ0v) is 19.5. The maximum atomic E-state index is 11.5. The first-order chi connectivity index (χ1) is 15.5. The van der Waals surface area contributed by atoms with Gasteiger partial charge in [0.05, 0.1) is 12.7 Å². The molecule has 8 heteroatoms. The van der Waals surface area contributed by atoms with Gasteiger partial charge in [-0.2, -0.15) is 0 Å². The molecule has 0 aromatic heterocycles. The fourth-order valence-electron chi connectivity index (χ4n) is 5.72. The summed E-state index contributed by atoms with van der Waals surface area (Å²) in [7, 11) is 0. The molecule has 7 atom stereocenters. The number of aliphatic hydroxyl groups is 5. The van der Waals surface area contributed by atoms with Gasteiger partial charge >= 0.3 is 0 Å². The molecule has 0 bridgehead atoms. The van der Waals surface area contributed by atoms with Gasteiger partial charge in [0, 0.05) is 16.5 Å². The van der Waals surface area contributed by atoms with Crippen LogP contribution in [-0.4, -0.2) is 68.0 Å². The van der Waals surface area contributed by atoms with Gasteiger partial charge in [-0.05, 0) is 48.6 Å². The minimum absolute atomic E-state index is 0.00308. The van der Waals surface area contributed by atoms with Crippen molar-refractivity contribution in [2.24, 2.45) is 5.41 Å². The van der Waals surface area contributed by atoms with E-state index in [0.717, 1.165) is 36.0 Å². The summed E-state index contributed by atoms with van der Waals surface area (Å²) in [5, 5.41) is 63.3. The van der Waals surface area contributed by atoms with E-state index in [1.54, 1.807) is 6.08 Å². The molecule has 0 radical (unpaired) electrons. The second-order valence-corrected chi connectivity index (χ2v) is 10.6. The molecular weight excluding hydrogens is 428 g/mol. The number of aliphatic hydroxyl groups excluding tert-OH is 5. The fraction of sp³-hybridized carbons (Fsp3) is 0.680. The predicted octanol–water partition coefficient (Wildman–Crippen LogP) is 1.36. The number of phenolic OH excluding ortho intramolecular Hbond substituents is 1. The van der Waals surface area contributed by atoms with Crippen LogP contribution in [0, 0.1) is 5.41 Å². The third-order valence-corrected chi connectivity index (χ3v) is 7.95. The highest BCUT2D eigenvalue weighted by atomic mass is 16.7. The number of ether oxygens (including phenoxy) is 2. The van der Waals surface area contributed by atoms with Crippen molar-refractivity contribution in [1.29, 1.82) is 0 Å². The molecule has 1 fully saturated rings. The van der Waals surface area contributed by atoms with E-state index < -0.39 is 48.8 Å². The van der Waals surface area contributed by atoms with Crippen LogP contribution in [0.4, 0.5) is 0 Å². The summed E-state index contributed by atoms with van der Waals surface area (Å²) in [4.78, 5) is 0. The van der Waals surface area contributed by atoms with E-state index in [9.17, 15) is 30.6 Å². The smallest absolute Gasteiger partial charge is 0.229 e. The summed E-state index contributed by atoms with van der Waals surface area (Å²) in [6, 6.07) is 0. The van der Waals surface area contributed by atoms with Gasteiger partial charge in [0.25, 0.3) is 0 Å². The molecule has 0 spiro atoms.